The average molecular weight is 410 g/mol. The zero-order valence-corrected chi connectivity index (χ0v) is 17.7. The third-order valence-electron chi connectivity index (χ3n) is 5.50. The van der Waals surface area contributed by atoms with Crippen LogP contribution in [0.5, 0.6) is 0 Å². The van der Waals surface area contributed by atoms with Crippen molar-refractivity contribution in [1.82, 2.24) is 14.5 Å². The summed E-state index contributed by atoms with van der Waals surface area (Å²) in [4.78, 5) is 20.8. The topological polar surface area (TPSA) is 87.5 Å². The fourth-order valence-corrected chi connectivity index (χ4v) is 3.95. The first kappa shape index (κ1) is 20.5. The van der Waals surface area contributed by atoms with E-state index in [9.17, 15) is 4.79 Å². The Hall–Kier alpha value is -2.81. The van der Waals surface area contributed by atoms with Crippen LogP contribution in [0.1, 0.15) is 24.6 Å². The van der Waals surface area contributed by atoms with Gasteiger partial charge in [-0.15, -0.1) is 0 Å². The molecule has 8 nitrogen and oxygen atoms in total. The highest BCUT2D eigenvalue weighted by Gasteiger charge is 2.39. The number of carbonyl (C=O) groups is 1. The van der Waals surface area contributed by atoms with E-state index >= 15 is 0 Å². The second-order valence-corrected chi connectivity index (χ2v) is 7.60. The minimum absolute atomic E-state index is 0.162. The lowest BCUT2D eigenvalue weighted by atomic mass is 9.95. The molecule has 1 fully saturated rings. The molecule has 3 aromatic rings. The maximum atomic E-state index is 11.5. The molecule has 1 aliphatic rings. The second-order valence-electron chi connectivity index (χ2n) is 7.60. The van der Waals surface area contributed by atoms with Crippen molar-refractivity contribution in [2.45, 2.75) is 25.6 Å². The molecule has 158 valence electrons. The number of carbonyl (C=O) groups excluding carboxylic acids is 1. The van der Waals surface area contributed by atoms with Crippen molar-refractivity contribution in [2.75, 3.05) is 32.8 Å². The van der Waals surface area contributed by atoms with Gasteiger partial charge in [0.25, 0.3) is 0 Å². The molecule has 3 aromatic heterocycles. The van der Waals surface area contributed by atoms with Crippen LogP contribution in [0.25, 0.3) is 22.2 Å². The molecular weight excluding hydrogens is 384 g/mol. The Labute approximate surface area is 175 Å². The van der Waals surface area contributed by atoms with Crippen molar-refractivity contribution in [3.63, 3.8) is 0 Å². The predicted molar refractivity (Wildman–Crippen MR) is 113 cm³/mol. The van der Waals surface area contributed by atoms with Crippen molar-refractivity contribution in [2.24, 2.45) is 7.05 Å². The fraction of sp³-hybridized carbons (Fsp3) is 0.409. The molecule has 0 radical (unpaired) electrons. The van der Waals surface area contributed by atoms with Gasteiger partial charge in [-0.05, 0) is 23.8 Å². The number of amides is 1. The summed E-state index contributed by atoms with van der Waals surface area (Å²) >= 11 is 0. The van der Waals surface area contributed by atoms with Crippen molar-refractivity contribution in [3.8, 4) is 11.3 Å². The summed E-state index contributed by atoms with van der Waals surface area (Å²) in [5.41, 5.74) is 3.99. The Kier molecular flexibility index (Phi) is 5.55. The second kappa shape index (κ2) is 8.14. The number of hydrogen-bond donors (Lipinski definition) is 1. The molecule has 0 saturated carbocycles. The molecule has 0 aliphatic carbocycles. The van der Waals surface area contributed by atoms with Crippen LogP contribution >= 0.6 is 0 Å². The molecule has 8 heteroatoms. The number of rotatable bonds is 6. The van der Waals surface area contributed by atoms with Gasteiger partial charge in [0.05, 0.1) is 36.3 Å². The van der Waals surface area contributed by atoms with Crippen LogP contribution in [0.15, 0.2) is 30.6 Å². The third-order valence-corrected chi connectivity index (χ3v) is 5.50. The van der Waals surface area contributed by atoms with E-state index in [1.54, 1.807) is 20.4 Å². The summed E-state index contributed by atoms with van der Waals surface area (Å²) in [5, 5.41) is 3.71. The molecule has 4 heterocycles. The van der Waals surface area contributed by atoms with Crippen LogP contribution in [0.2, 0.25) is 0 Å². The van der Waals surface area contributed by atoms with Crippen LogP contribution < -0.4 is 5.32 Å². The van der Waals surface area contributed by atoms with E-state index in [2.05, 4.69) is 10.3 Å². The highest BCUT2D eigenvalue weighted by atomic mass is 16.5. The molecule has 0 spiro atoms. The molecular formula is C22H26N4O4. The maximum absolute atomic E-state index is 11.5. The molecule has 1 atom stereocenters. The van der Waals surface area contributed by atoms with Gasteiger partial charge in [0.15, 0.2) is 0 Å². The van der Waals surface area contributed by atoms with Crippen molar-refractivity contribution in [1.29, 1.82) is 0 Å². The largest absolute Gasteiger partial charge is 0.380 e. The number of nitrogens with zero attached hydrogens (tertiary/aromatic N) is 3. The van der Waals surface area contributed by atoms with E-state index in [0.29, 0.717) is 25.6 Å². The Bertz CT molecular complexity index is 1090. The number of fused-ring (bicyclic) bond motifs is 1. The standard InChI is InChI=1S/C22H26N4O4/c1-14(27)24-21-9-16-17(11-26(2)19(16)10-23-21)18-7-15(12-28-3)8-20(25-18)22(29-4)5-6-30-13-22/h7-11H,5-6,12-13H2,1-4H3,(H,23,24,27)/t22-/m1/s1. The highest BCUT2D eigenvalue weighted by Crippen LogP contribution is 2.36. The van der Waals surface area contributed by atoms with Gasteiger partial charge in [-0.25, -0.2) is 9.97 Å². The van der Waals surface area contributed by atoms with Crippen LogP contribution in [-0.2, 0) is 38.3 Å². The van der Waals surface area contributed by atoms with E-state index in [1.807, 2.05) is 36.0 Å². The van der Waals surface area contributed by atoms with Gasteiger partial charge in [0.2, 0.25) is 5.91 Å². The zero-order chi connectivity index (χ0) is 21.3. The molecule has 1 saturated heterocycles. The predicted octanol–water partition coefficient (Wildman–Crippen LogP) is 3.00. The average Bonchev–Trinajstić information content (AvgIpc) is 3.33. The molecule has 1 N–H and O–H groups in total. The van der Waals surface area contributed by atoms with Gasteiger partial charge < -0.3 is 24.1 Å². The molecule has 4 rings (SSSR count). The van der Waals surface area contributed by atoms with Crippen LogP contribution in [-0.4, -0.2) is 47.9 Å². The zero-order valence-electron chi connectivity index (χ0n) is 17.7. The lowest BCUT2D eigenvalue weighted by molar-refractivity contribution is -0.114. The number of aromatic nitrogens is 3. The lowest BCUT2D eigenvalue weighted by Crippen LogP contribution is -2.30. The SMILES string of the molecule is COCc1cc(-c2cn(C)c3cnc(NC(C)=O)cc23)nc([C@@]2(OC)CCOC2)c1. The molecule has 0 aromatic carbocycles. The normalized spacial score (nSPS) is 18.8. The summed E-state index contributed by atoms with van der Waals surface area (Å²) in [7, 11) is 5.34. The third kappa shape index (κ3) is 3.69. The smallest absolute Gasteiger partial charge is 0.222 e. The number of anilines is 1. The van der Waals surface area contributed by atoms with Gasteiger partial charge in [0, 0.05) is 58.4 Å². The van der Waals surface area contributed by atoms with Crippen molar-refractivity contribution in [3.05, 3.63) is 41.9 Å². The molecule has 1 aliphatic heterocycles. The van der Waals surface area contributed by atoms with Crippen LogP contribution in [0.3, 0.4) is 0 Å². The van der Waals surface area contributed by atoms with Crippen LogP contribution in [0.4, 0.5) is 5.82 Å². The number of hydrogen-bond acceptors (Lipinski definition) is 6. The van der Waals surface area contributed by atoms with E-state index < -0.39 is 5.60 Å². The Balaban J connectivity index is 1.89. The van der Waals surface area contributed by atoms with E-state index in [1.165, 1.54) is 6.92 Å². The number of pyridine rings is 2. The van der Waals surface area contributed by atoms with E-state index in [-0.39, 0.29) is 5.91 Å². The number of nitrogens with one attached hydrogen (secondary N) is 1. The van der Waals surface area contributed by atoms with Gasteiger partial charge >= 0.3 is 0 Å². The van der Waals surface area contributed by atoms with E-state index in [4.69, 9.17) is 19.2 Å². The summed E-state index contributed by atoms with van der Waals surface area (Å²) < 4.78 is 18.9. The number of aryl methyl sites for hydroxylation is 1. The maximum Gasteiger partial charge on any atom is 0.222 e. The first-order valence-electron chi connectivity index (χ1n) is 9.82. The molecule has 0 unspecified atom stereocenters. The summed E-state index contributed by atoms with van der Waals surface area (Å²) in [6, 6.07) is 5.93. The lowest BCUT2D eigenvalue weighted by Gasteiger charge is -2.26. The van der Waals surface area contributed by atoms with Crippen molar-refractivity contribution < 1.29 is 19.0 Å². The fourth-order valence-electron chi connectivity index (χ4n) is 3.95. The summed E-state index contributed by atoms with van der Waals surface area (Å²) in [6.07, 6.45) is 4.53. The minimum Gasteiger partial charge on any atom is -0.380 e. The Morgan fingerprint density at radius 1 is 1.33 bits per heavy atom. The quantitative estimate of drug-likeness (QED) is 0.672. The number of methoxy groups -OCH3 is 2. The first-order valence-corrected chi connectivity index (χ1v) is 9.82. The van der Waals surface area contributed by atoms with Crippen molar-refractivity contribution >= 4 is 22.6 Å². The molecule has 0 bridgehead atoms. The van der Waals surface area contributed by atoms with Crippen LogP contribution in [0, 0.1) is 0 Å². The monoisotopic (exact) mass is 410 g/mol. The van der Waals surface area contributed by atoms with Gasteiger partial charge in [-0.1, -0.05) is 0 Å². The number of ether oxygens (including phenoxy) is 3. The summed E-state index contributed by atoms with van der Waals surface area (Å²) in [6.45, 7) is 3.04. The minimum atomic E-state index is -0.564. The highest BCUT2D eigenvalue weighted by molar-refractivity contribution is 5.98. The van der Waals surface area contributed by atoms with Gasteiger partial charge in [-0.2, -0.15) is 0 Å². The Morgan fingerprint density at radius 2 is 2.17 bits per heavy atom. The van der Waals surface area contributed by atoms with Gasteiger partial charge in [-0.3, -0.25) is 4.79 Å². The Morgan fingerprint density at radius 3 is 2.83 bits per heavy atom. The first-order chi connectivity index (χ1) is 14.5. The van der Waals surface area contributed by atoms with E-state index in [0.717, 1.165) is 39.8 Å². The molecule has 30 heavy (non-hydrogen) atoms. The van der Waals surface area contributed by atoms with Gasteiger partial charge in [0.1, 0.15) is 11.4 Å². The molecule has 1 amide bonds. The summed E-state index contributed by atoms with van der Waals surface area (Å²) in [5.74, 6) is 0.346.